The summed E-state index contributed by atoms with van der Waals surface area (Å²) >= 11 is 6.94. The van der Waals surface area contributed by atoms with Crippen LogP contribution >= 0.6 is 31.9 Å². The molecule has 1 heterocycles. The molecule has 0 bridgehead atoms. The highest BCUT2D eigenvalue weighted by Gasteiger charge is 2.16. The van der Waals surface area contributed by atoms with E-state index in [9.17, 15) is 0 Å². The highest BCUT2D eigenvalue weighted by molar-refractivity contribution is 9.10. The highest BCUT2D eigenvalue weighted by Crippen LogP contribution is 2.31. The van der Waals surface area contributed by atoms with Gasteiger partial charge in [0.15, 0.2) is 0 Å². The van der Waals surface area contributed by atoms with Crippen LogP contribution < -0.4 is 0 Å². The maximum atomic E-state index is 5.83. The predicted octanol–water partition coefficient (Wildman–Crippen LogP) is 5.59. The molecule has 0 N–H and O–H groups in total. The topological polar surface area (TPSA) is 26.0 Å². The predicted molar refractivity (Wildman–Crippen MR) is 81.7 cm³/mol. The minimum Gasteiger partial charge on any atom is -0.439 e. The standard InChI is InChI=1S/C14H13Br2NO/c1-3-4-12-13(9(2)15)18-14(17-12)10-5-7-11(16)8-6-10/h3-9H,1-2H3/b4-3+. The van der Waals surface area contributed by atoms with Gasteiger partial charge >= 0.3 is 0 Å². The van der Waals surface area contributed by atoms with E-state index < -0.39 is 0 Å². The summed E-state index contributed by atoms with van der Waals surface area (Å²) < 4.78 is 6.87. The number of halogens is 2. The second-order valence-corrected chi connectivity index (χ2v) is 6.18. The summed E-state index contributed by atoms with van der Waals surface area (Å²) in [6, 6.07) is 7.92. The molecule has 94 valence electrons. The second-order valence-electron chi connectivity index (χ2n) is 3.89. The third kappa shape index (κ3) is 2.93. The Kier molecular flexibility index (Phi) is 4.40. The van der Waals surface area contributed by atoms with Crippen molar-refractivity contribution in [2.75, 3.05) is 0 Å². The van der Waals surface area contributed by atoms with Crippen LogP contribution in [-0.4, -0.2) is 4.98 Å². The van der Waals surface area contributed by atoms with Gasteiger partial charge in [-0.15, -0.1) is 0 Å². The Hall–Kier alpha value is -0.870. The molecule has 0 radical (unpaired) electrons. The minimum absolute atomic E-state index is 0.139. The highest BCUT2D eigenvalue weighted by atomic mass is 79.9. The lowest BCUT2D eigenvalue weighted by Crippen LogP contribution is -1.83. The molecule has 0 amide bonds. The van der Waals surface area contributed by atoms with Crippen molar-refractivity contribution in [1.82, 2.24) is 4.98 Å². The molecule has 1 atom stereocenters. The van der Waals surface area contributed by atoms with E-state index >= 15 is 0 Å². The fourth-order valence-electron chi connectivity index (χ4n) is 1.62. The molecule has 0 aliphatic carbocycles. The minimum atomic E-state index is 0.139. The van der Waals surface area contributed by atoms with Gasteiger partial charge < -0.3 is 4.42 Å². The Morgan fingerprint density at radius 2 is 1.94 bits per heavy atom. The Morgan fingerprint density at radius 1 is 1.28 bits per heavy atom. The van der Waals surface area contributed by atoms with Crippen LogP contribution in [0.25, 0.3) is 17.5 Å². The monoisotopic (exact) mass is 369 g/mol. The average Bonchev–Trinajstić information content (AvgIpc) is 2.75. The quantitative estimate of drug-likeness (QED) is 0.658. The summed E-state index contributed by atoms with van der Waals surface area (Å²) in [5.74, 6) is 1.50. The summed E-state index contributed by atoms with van der Waals surface area (Å²) in [4.78, 5) is 4.66. The van der Waals surface area contributed by atoms with E-state index in [0.717, 1.165) is 21.5 Å². The maximum Gasteiger partial charge on any atom is 0.226 e. The first kappa shape index (κ1) is 13.6. The number of benzene rings is 1. The van der Waals surface area contributed by atoms with Gasteiger partial charge in [0, 0.05) is 10.0 Å². The van der Waals surface area contributed by atoms with Crippen molar-refractivity contribution >= 4 is 37.9 Å². The summed E-state index contributed by atoms with van der Waals surface area (Å²) in [6.45, 7) is 4.00. The zero-order valence-corrected chi connectivity index (χ0v) is 13.3. The molecular formula is C14H13Br2NO. The van der Waals surface area contributed by atoms with Gasteiger partial charge in [-0.05, 0) is 44.2 Å². The molecule has 1 unspecified atom stereocenters. The summed E-state index contributed by atoms with van der Waals surface area (Å²) in [5, 5.41) is 0. The van der Waals surface area contributed by atoms with Gasteiger partial charge in [0.25, 0.3) is 0 Å². The number of rotatable bonds is 3. The lowest BCUT2D eigenvalue weighted by molar-refractivity contribution is 0.522. The fourth-order valence-corrected chi connectivity index (χ4v) is 2.21. The number of hydrogen-bond acceptors (Lipinski definition) is 2. The zero-order valence-electron chi connectivity index (χ0n) is 10.2. The molecule has 18 heavy (non-hydrogen) atoms. The van der Waals surface area contributed by atoms with E-state index in [0.29, 0.717) is 5.89 Å². The van der Waals surface area contributed by atoms with Crippen LogP contribution in [0.3, 0.4) is 0 Å². The SMILES string of the molecule is C/C=C/c1nc(-c2ccc(Br)cc2)oc1C(C)Br. The molecule has 0 spiro atoms. The van der Waals surface area contributed by atoms with Gasteiger partial charge in [-0.2, -0.15) is 0 Å². The lowest BCUT2D eigenvalue weighted by atomic mass is 10.2. The van der Waals surface area contributed by atoms with E-state index in [2.05, 4.69) is 36.8 Å². The van der Waals surface area contributed by atoms with E-state index in [1.807, 2.05) is 50.3 Å². The van der Waals surface area contributed by atoms with Gasteiger partial charge in [0.1, 0.15) is 11.5 Å². The average molecular weight is 371 g/mol. The van der Waals surface area contributed by atoms with Crippen molar-refractivity contribution < 1.29 is 4.42 Å². The second kappa shape index (κ2) is 5.85. The molecule has 1 aromatic heterocycles. The van der Waals surface area contributed by atoms with Crippen LogP contribution in [-0.2, 0) is 0 Å². The summed E-state index contributed by atoms with van der Waals surface area (Å²) in [5.41, 5.74) is 1.85. The molecule has 1 aromatic carbocycles. The Balaban J connectivity index is 2.46. The Morgan fingerprint density at radius 3 is 2.50 bits per heavy atom. The third-order valence-corrected chi connectivity index (χ3v) is 3.40. The molecule has 2 aromatic rings. The molecular weight excluding hydrogens is 358 g/mol. The van der Waals surface area contributed by atoms with Crippen LogP contribution in [0, 0.1) is 0 Å². The summed E-state index contributed by atoms with van der Waals surface area (Å²) in [7, 11) is 0. The van der Waals surface area contributed by atoms with Crippen molar-refractivity contribution in [3.8, 4) is 11.5 Å². The first-order valence-electron chi connectivity index (χ1n) is 5.65. The van der Waals surface area contributed by atoms with Crippen molar-refractivity contribution in [1.29, 1.82) is 0 Å². The number of oxazole rings is 1. The Bertz CT molecular complexity index is 556. The van der Waals surface area contributed by atoms with Gasteiger partial charge in [-0.1, -0.05) is 37.9 Å². The van der Waals surface area contributed by atoms with Crippen molar-refractivity contribution in [2.45, 2.75) is 18.7 Å². The van der Waals surface area contributed by atoms with Gasteiger partial charge in [-0.25, -0.2) is 4.98 Å². The van der Waals surface area contributed by atoms with Gasteiger partial charge in [-0.3, -0.25) is 0 Å². The lowest BCUT2D eigenvalue weighted by Gasteiger charge is -1.98. The van der Waals surface area contributed by atoms with Crippen LogP contribution in [0.1, 0.15) is 30.1 Å². The number of hydrogen-bond donors (Lipinski definition) is 0. The molecule has 0 saturated carbocycles. The fraction of sp³-hybridized carbons (Fsp3) is 0.214. The maximum absolute atomic E-state index is 5.83. The van der Waals surface area contributed by atoms with Crippen molar-refractivity contribution in [2.24, 2.45) is 0 Å². The summed E-state index contributed by atoms with van der Waals surface area (Å²) in [6.07, 6.45) is 3.92. The molecule has 0 fully saturated rings. The first-order valence-corrected chi connectivity index (χ1v) is 7.36. The smallest absolute Gasteiger partial charge is 0.226 e. The van der Waals surface area contributed by atoms with Crippen LogP contribution in [0.15, 0.2) is 39.2 Å². The van der Waals surface area contributed by atoms with Crippen molar-refractivity contribution in [3.63, 3.8) is 0 Å². The number of alkyl halides is 1. The van der Waals surface area contributed by atoms with E-state index in [-0.39, 0.29) is 4.83 Å². The van der Waals surface area contributed by atoms with Crippen LogP contribution in [0.4, 0.5) is 0 Å². The number of aromatic nitrogens is 1. The zero-order chi connectivity index (χ0) is 13.1. The van der Waals surface area contributed by atoms with Gasteiger partial charge in [0.05, 0.1) is 4.83 Å². The molecule has 2 rings (SSSR count). The largest absolute Gasteiger partial charge is 0.439 e. The van der Waals surface area contributed by atoms with Crippen molar-refractivity contribution in [3.05, 3.63) is 46.3 Å². The first-order chi connectivity index (χ1) is 8.61. The van der Waals surface area contributed by atoms with E-state index in [1.165, 1.54) is 0 Å². The molecule has 4 heteroatoms. The Labute approximate surface area is 123 Å². The number of nitrogens with zero attached hydrogens (tertiary/aromatic N) is 1. The van der Waals surface area contributed by atoms with Gasteiger partial charge in [0.2, 0.25) is 5.89 Å². The molecule has 0 aliphatic rings. The molecule has 0 saturated heterocycles. The van der Waals surface area contributed by atoms with Crippen LogP contribution in [0.2, 0.25) is 0 Å². The molecule has 0 aliphatic heterocycles. The normalized spacial score (nSPS) is 13.1. The molecule has 2 nitrogen and oxygen atoms in total. The third-order valence-electron chi connectivity index (χ3n) is 2.46. The number of allylic oxidation sites excluding steroid dienone is 1. The van der Waals surface area contributed by atoms with E-state index in [1.54, 1.807) is 0 Å². The van der Waals surface area contributed by atoms with E-state index in [4.69, 9.17) is 4.42 Å². The van der Waals surface area contributed by atoms with Crippen LogP contribution in [0.5, 0.6) is 0 Å².